The monoisotopic (exact) mass is 254 g/mol. The Morgan fingerprint density at radius 2 is 1.79 bits per heavy atom. The molecule has 1 atom stereocenters. The first-order chi connectivity index (χ1) is 9.15. The quantitative estimate of drug-likeness (QED) is 0.821. The molecule has 3 heteroatoms. The fourth-order valence-corrected chi connectivity index (χ4v) is 2.21. The minimum Gasteiger partial charge on any atom is -0.508 e. The molecule has 1 aliphatic rings. The normalized spacial score (nSPS) is 17.4. The van der Waals surface area contributed by atoms with Gasteiger partial charge in [-0.25, -0.2) is 0 Å². The standard InChI is InChI=1S/C16H14O3/c1-10-2-7-13-15(8-10)19-9-14(16(13)18)11-3-5-12(17)6-4-11/h2-9,16-18H,1H3/t16-/m1/s1. The maximum Gasteiger partial charge on any atom is 0.132 e. The molecule has 2 aromatic carbocycles. The van der Waals surface area contributed by atoms with Crippen molar-refractivity contribution < 1.29 is 14.9 Å². The maximum absolute atomic E-state index is 10.4. The van der Waals surface area contributed by atoms with Crippen LogP contribution in [0.5, 0.6) is 11.5 Å². The second kappa shape index (κ2) is 4.44. The van der Waals surface area contributed by atoms with Crippen molar-refractivity contribution in [1.82, 2.24) is 0 Å². The second-order valence-electron chi connectivity index (χ2n) is 4.68. The highest BCUT2D eigenvalue weighted by Crippen LogP contribution is 2.39. The third kappa shape index (κ3) is 2.09. The summed E-state index contributed by atoms with van der Waals surface area (Å²) in [6.07, 6.45) is 0.854. The van der Waals surface area contributed by atoms with Crippen molar-refractivity contribution in [2.45, 2.75) is 13.0 Å². The van der Waals surface area contributed by atoms with Crippen LogP contribution in [-0.2, 0) is 0 Å². The summed E-state index contributed by atoms with van der Waals surface area (Å²) in [6.45, 7) is 1.98. The lowest BCUT2D eigenvalue weighted by molar-refractivity contribution is 0.224. The number of phenolic OH excluding ortho intramolecular Hbond substituents is 1. The van der Waals surface area contributed by atoms with Gasteiger partial charge in [-0.1, -0.05) is 24.3 Å². The van der Waals surface area contributed by atoms with E-state index in [9.17, 15) is 10.2 Å². The van der Waals surface area contributed by atoms with E-state index in [0.29, 0.717) is 11.3 Å². The number of benzene rings is 2. The molecule has 0 spiro atoms. The number of ether oxygens (including phenoxy) is 1. The van der Waals surface area contributed by atoms with Gasteiger partial charge >= 0.3 is 0 Å². The Morgan fingerprint density at radius 3 is 2.53 bits per heavy atom. The van der Waals surface area contributed by atoms with Gasteiger partial charge in [-0.3, -0.25) is 0 Å². The Balaban J connectivity index is 2.00. The van der Waals surface area contributed by atoms with Crippen LogP contribution in [0.3, 0.4) is 0 Å². The number of hydrogen-bond acceptors (Lipinski definition) is 3. The van der Waals surface area contributed by atoms with Crippen LogP contribution in [0.4, 0.5) is 0 Å². The maximum atomic E-state index is 10.4. The van der Waals surface area contributed by atoms with E-state index < -0.39 is 6.10 Å². The summed E-state index contributed by atoms with van der Waals surface area (Å²) >= 11 is 0. The Morgan fingerprint density at radius 1 is 1.05 bits per heavy atom. The molecule has 0 aromatic heterocycles. The van der Waals surface area contributed by atoms with Crippen molar-refractivity contribution in [3.8, 4) is 11.5 Å². The van der Waals surface area contributed by atoms with Gasteiger partial charge in [0.25, 0.3) is 0 Å². The third-order valence-electron chi connectivity index (χ3n) is 3.27. The van der Waals surface area contributed by atoms with Crippen LogP contribution >= 0.6 is 0 Å². The van der Waals surface area contributed by atoms with Crippen LogP contribution in [-0.4, -0.2) is 10.2 Å². The summed E-state index contributed by atoms with van der Waals surface area (Å²) in [4.78, 5) is 0. The predicted octanol–water partition coefficient (Wildman–Crippen LogP) is 3.17. The topological polar surface area (TPSA) is 49.7 Å². The van der Waals surface area contributed by atoms with E-state index in [-0.39, 0.29) is 5.75 Å². The van der Waals surface area contributed by atoms with E-state index in [2.05, 4.69) is 0 Å². The zero-order valence-corrected chi connectivity index (χ0v) is 10.5. The second-order valence-corrected chi connectivity index (χ2v) is 4.68. The molecule has 1 aliphatic heterocycles. The molecule has 3 nitrogen and oxygen atoms in total. The molecule has 19 heavy (non-hydrogen) atoms. The van der Waals surface area contributed by atoms with E-state index in [4.69, 9.17) is 4.74 Å². The summed E-state index contributed by atoms with van der Waals surface area (Å²) in [5, 5.41) is 19.7. The molecule has 2 N–H and O–H groups in total. The zero-order chi connectivity index (χ0) is 13.4. The Bertz CT molecular complexity index is 642. The van der Waals surface area contributed by atoms with E-state index in [1.807, 2.05) is 25.1 Å². The molecule has 0 unspecified atom stereocenters. The van der Waals surface area contributed by atoms with Gasteiger partial charge in [0.1, 0.15) is 17.6 Å². The Labute approximate surface area is 111 Å². The average molecular weight is 254 g/mol. The number of fused-ring (bicyclic) bond motifs is 1. The van der Waals surface area contributed by atoms with Crippen molar-refractivity contribution in [1.29, 1.82) is 0 Å². The van der Waals surface area contributed by atoms with Crippen LogP contribution in [0.25, 0.3) is 5.57 Å². The zero-order valence-electron chi connectivity index (χ0n) is 10.5. The number of rotatable bonds is 1. The highest BCUT2D eigenvalue weighted by atomic mass is 16.5. The van der Waals surface area contributed by atoms with Gasteiger partial charge in [0, 0.05) is 11.1 Å². The molecule has 2 aromatic rings. The minimum absolute atomic E-state index is 0.201. The smallest absolute Gasteiger partial charge is 0.132 e. The molecular formula is C16H14O3. The molecule has 0 amide bonds. The van der Waals surface area contributed by atoms with E-state index >= 15 is 0 Å². The summed E-state index contributed by atoms with van der Waals surface area (Å²) in [5.41, 5.74) is 3.37. The summed E-state index contributed by atoms with van der Waals surface area (Å²) < 4.78 is 5.59. The van der Waals surface area contributed by atoms with Crippen molar-refractivity contribution >= 4 is 5.57 Å². The SMILES string of the molecule is Cc1ccc2c(c1)OC=C(c1ccc(O)cc1)[C@@H]2O. The van der Waals surface area contributed by atoms with Gasteiger partial charge < -0.3 is 14.9 Å². The van der Waals surface area contributed by atoms with Crippen LogP contribution in [0.15, 0.2) is 48.7 Å². The van der Waals surface area contributed by atoms with E-state index in [1.165, 1.54) is 0 Å². The van der Waals surface area contributed by atoms with Gasteiger partial charge in [0.2, 0.25) is 0 Å². The number of hydrogen-bond donors (Lipinski definition) is 2. The molecule has 96 valence electrons. The first kappa shape index (κ1) is 11.8. The molecule has 0 saturated carbocycles. The number of aromatic hydroxyl groups is 1. The van der Waals surface area contributed by atoms with Crippen LogP contribution in [0.2, 0.25) is 0 Å². The molecule has 1 heterocycles. The van der Waals surface area contributed by atoms with Crippen molar-refractivity contribution in [2.24, 2.45) is 0 Å². The van der Waals surface area contributed by atoms with Gasteiger partial charge in [-0.2, -0.15) is 0 Å². The van der Waals surface area contributed by atoms with Gasteiger partial charge in [0.05, 0.1) is 6.26 Å². The molecule has 0 saturated heterocycles. The first-order valence-electron chi connectivity index (χ1n) is 6.10. The molecular weight excluding hydrogens is 240 g/mol. The highest BCUT2D eigenvalue weighted by Gasteiger charge is 2.23. The lowest BCUT2D eigenvalue weighted by Crippen LogP contribution is -2.09. The van der Waals surface area contributed by atoms with Crippen LogP contribution in [0, 0.1) is 6.92 Å². The number of aliphatic hydroxyl groups excluding tert-OH is 1. The summed E-state index contributed by atoms with van der Waals surface area (Å²) in [7, 11) is 0. The predicted molar refractivity (Wildman–Crippen MR) is 72.9 cm³/mol. The molecule has 0 bridgehead atoms. The molecule has 0 fully saturated rings. The number of aliphatic hydroxyl groups is 1. The van der Waals surface area contributed by atoms with Crippen molar-refractivity contribution in [2.75, 3.05) is 0 Å². The summed E-state index contributed by atoms with van der Waals surface area (Å²) in [6, 6.07) is 12.4. The minimum atomic E-state index is -0.714. The fraction of sp³-hybridized carbons (Fsp3) is 0.125. The van der Waals surface area contributed by atoms with Gasteiger partial charge in [-0.15, -0.1) is 0 Å². The van der Waals surface area contributed by atoms with Gasteiger partial charge in [-0.05, 0) is 36.2 Å². The van der Waals surface area contributed by atoms with Crippen molar-refractivity contribution in [3.05, 3.63) is 65.4 Å². The van der Waals surface area contributed by atoms with Gasteiger partial charge in [0.15, 0.2) is 0 Å². The third-order valence-corrected chi connectivity index (χ3v) is 3.27. The molecule has 0 aliphatic carbocycles. The largest absolute Gasteiger partial charge is 0.508 e. The molecule has 0 radical (unpaired) electrons. The summed E-state index contributed by atoms with van der Waals surface area (Å²) in [5.74, 6) is 0.890. The van der Waals surface area contributed by atoms with Crippen LogP contribution in [0.1, 0.15) is 22.8 Å². The Hall–Kier alpha value is -2.26. The Kier molecular flexibility index (Phi) is 2.76. The van der Waals surface area contributed by atoms with Crippen molar-refractivity contribution in [3.63, 3.8) is 0 Å². The van der Waals surface area contributed by atoms with E-state index in [0.717, 1.165) is 16.7 Å². The lowest BCUT2D eigenvalue weighted by atomic mass is 9.93. The number of aryl methyl sites for hydroxylation is 1. The fourth-order valence-electron chi connectivity index (χ4n) is 2.21. The number of phenols is 1. The average Bonchev–Trinajstić information content (AvgIpc) is 2.40. The first-order valence-corrected chi connectivity index (χ1v) is 6.10. The molecule has 3 rings (SSSR count). The highest BCUT2D eigenvalue weighted by molar-refractivity contribution is 5.72. The lowest BCUT2D eigenvalue weighted by Gasteiger charge is -2.23. The van der Waals surface area contributed by atoms with E-state index in [1.54, 1.807) is 30.5 Å². The van der Waals surface area contributed by atoms with Crippen LogP contribution < -0.4 is 4.74 Å².